The van der Waals surface area contributed by atoms with Gasteiger partial charge >= 0.3 is 0 Å². The van der Waals surface area contributed by atoms with Crippen molar-refractivity contribution in [3.8, 4) is 17.0 Å². The number of amides is 1. The number of ether oxygens (including phenoxy) is 1. The van der Waals surface area contributed by atoms with Gasteiger partial charge in [0.2, 0.25) is 16.8 Å². The van der Waals surface area contributed by atoms with Gasteiger partial charge in [-0.25, -0.2) is 4.52 Å². The first-order chi connectivity index (χ1) is 14.9. The van der Waals surface area contributed by atoms with Crippen LogP contribution in [0.1, 0.15) is 28.8 Å². The van der Waals surface area contributed by atoms with E-state index in [1.807, 2.05) is 30.5 Å². The number of rotatable bonds is 7. The van der Waals surface area contributed by atoms with E-state index in [1.165, 1.54) is 18.4 Å². The van der Waals surface area contributed by atoms with Crippen LogP contribution in [0.5, 0.6) is 5.75 Å². The summed E-state index contributed by atoms with van der Waals surface area (Å²) in [6.45, 7) is 1.90. The number of Topliss-reactive ketones (excluding diaryl/α,β-unsaturated/α-hetero) is 1. The van der Waals surface area contributed by atoms with E-state index in [0.29, 0.717) is 21.3 Å². The second kappa shape index (κ2) is 8.87. The Hall–Kier alpha value is -3.23. The highest BCUT2D eigenvalue weighted by Gasteiger charge is 2.17. The van der Waals surface area contributed by atoms with Gasteiger partial charge in [0.1, 0.15) is 5.75 Å². The maximum atomic E-state index is 12.6. The Morgan fingerprint density at radius 3 is 2.68 bits per heavy atom. The number of halogens is 1. The van der Waals surface area contributed by atoms with Crippen LogP contribution in [0.3, 0.4) is 0 Å². The number of benzene rings is 2. The minimum Gasteiger partial charge on any atom is -0.496 e. The maximum Gasteiger partial charge on any atom is 0.250 e. The molecule has 0 atom stereocenters. The molecule has 7 nitrogen and oxygen atoms in total. The lowest BCUT2D eigenvalue weighted by atomic mass is 10.0. The molecule has 0 radical (unpaired) electrons. The van der Waals surface area contributed by atoms with Crippen LogP contribution in [-0.4, -0.2) is 33.4 Å². The molecule has 4 aromatic rings. The third kappa shape index (κ3) is 4.60. The molecular formula is C22H19ClN4O3S. The molecule has 1 amide bonds. The van der Waals surface area contributed by atoms with Crippen molar-refractivity contribution in [2.75, 3.05) is 12.4 Å². The average Bonchev–Trinajstić information content (AvgIpc) is 3.33. The first-order valence-corrected chi connectivity index (χ1v) is 10.8. The molecule has 0 spiro atoms. The van der Waals surface area contributed by atoms with Gasteiger partial charge in [0.25, 0.3) is 0 Å². The Morgan fingerprint density at radius 2 is 1.94 bits per heavy atom. The SMILES string of the molecule is COc1ccc(C)cc1C(=O)CCC(=O)Nc1nc2scc(-c3ccc(Cl)cc3)n2n1. The number of hydrogen-bond donors (Lipinski definition) is 1. The number of carbonyl (C=O) groups is 2. The molecule has 0 aliphatic carbocycles. The van der Waals surface area contributed by atoms with E-state index >= 15 is 0 Å². The van der Waals surface area contributed by atoms with Crippen molar-refractivity contribution in [1.82, 2.24) is 14.6 Å². The summed E-state index contributed by atoms with van der Waals surface area (Å²) in [7, 11) is 1.52. The number of fused-ring (bicyclic) bond motifs is 1. The van der Waals surface area contributed by atoms with Crippen molar-refractivity contribution in [2.24, 2.45) is 0 Å². The second-order valence-corrected chi connectivity index (χ2v) is 8.21. The van der Waals surface area contributed by atoms with Gasteiger partial charge in [0.05, 0.1) is 18.4 Å². The Bertz CT molecular complexity index is 1260. The highest BCUT2D eigenvalue weighted by Crippen LogP contribution is 2.27. The van der Waals surface area contributed by atoms with Gasteiger partial charge in [-0.3, -0.25) is 14.9 Å². The molecule has 0 saturated carbocycles. The van der Waals surface area contributed by atoms with E-state index in [4.69, 9.17) is 16.3 Å². The standard InChI is InChI=1S/C22H19ClN4O3S/c1-13-3-9-19(30-2)16(11-13)18(28)8-10-20(29)24-21-25-22-27(26-21)17(12-31-22)14-4-6-15(23)7-5-14/h3-7,9,11-12H,8,10H2,1-2H3,(H,24,26,29). The first-order valence-electron chi connectivity index (χ1n) is 9.52. The van der Waals surface area contributed by atoms with Crippen molar-refractivity contribution in [3.63, 3.8) is 0 Å². The lowest BCUT2D eigenvalue weighted by molar-refractivity contribution is -0.116. The Morgan fingerprint density at radius 1 is 1.16 bits per heavy atom. The number of nitrogens with one attached hydrogen (secondary N) is 1. The fraction of sp³-hybridized carbons (Fsp3) is 0.182. The largest absolute Gasteiger partial charge is 0.496 e. The Labute approximate surface area is 187 Å². The van der Waals surface area contributed by atoms with Crippen LogP contribution >= 0.6 is 22.9 Å². The lowest BCUT2D eigenvalue weighted by Crippen LogP contribution is -2.15. The Kier molecular flexibility index (Phi) is 6.01. The van der Waals surface area contributed by atoms with E-state index in [0.717, 1.165) is 16.8 Å². The quantitative estimate of drug-likeness (QED) is 0.396. The number of aromatic nitrogens is 3. The highest BCUT2D eigenvalue weighted by atomic mass is 35.5. The van der Waals surface area contributed by atoms with Gasteiger partial charge in [-0.2, -0.15) is 4.98 Å². The van der Waals surface area contributed by atoms with Crippen LogP contribution in [0.25, 0.3) is 16.2 Å². The number of anilines is 1. The van der Waals surface area contributed by atoms with Crippen molar-refractivity contribution in [3.05, 3.63) is 64.0 Å². The molecule has 0 aliphatic heterocycles. The molecule has 2 heterocycles. The molecule has 0 bridgehead atoms. The van der Waals surface area contributed by atoms with Crippen molar-refractivity contribution in [1.29, 1.82) is 0 Å². The van der Waals surface area contributed by atoms with Crippen molar-refractivity contribution < 1.29 is 14.3 Å². The summed E-state index contributed by atoms with van der Waals surface area (Å²) in [5, 5.41) is 9.65. The van der Waals surface area contributed by atoms with Crippen LogP contribution in [0.4, 0.5) is 5.95 Å². The van der Waals surface area contributed by atoms with Gasteiger partial charge in [-0.05, 0) is 31.2 Å². The van der Waals surface area contributed by atoms with Gasteiger partial charge < -0.3 is 4.74 Å². The second-order valence-electron chi connectivity index (χ2n) is 6.93. The van der Waals surface area contributed by atoms with Crippen molar-refractivity contribution in [2.45, 2.75) is 19.8 Å². The van der Waals surface area contributed by atoms with Gasteiger partial charge in [0, 0.05) is 28.8 Å². The number of methoxy groups -OCH3 is 1. The predicted octanol–water partition coefficient (Wildman–Crippen LogP) is 5.03. The molecule has 1 N–H and O–H groups in total. The molecule has 0 saturated heterocycles. The van der Waals surface area contributed by atoms with E-state index in [1.54, 1.807) is 28.8 Å². The van der Waals surface area contributed by atoms with E-state index < -0.39 is 0 Å². The fourth-order valence-electron chi connectivity index (χ4n) is 3.14. The van der Waals surface area contributed by atoms with Gasteiger partial charge in [-0.15, -0.1) is 16.4 Å². The molecule has 0 unspecified atom stereocenters. The van der Waals surface area contributed by atoms with Crippen LogP contribution in [0.2, 0.25) is 5.02 Å². The van der Waals surface area contributed by atoms with Gasteiger partial charge in [0.15, 0.2) is 5.78 Å². The molecule has 0 fully saturated rings. The third-order valence-electron chi connectivity index (χ3n) is 4.71. The average molecular weight is 455 g/mol. The summed E-state index contributed by atoms with van der Waals surface area (Å²) < 4.78 is 6.93. The zero-order chi connectivity index (χ0) is 22.0. The summed E-state index contributed by atoms with van der Waals surface area (Å²) in [4.78, 5) is 29.9. The Balaban J connectivity index is 1.43. The van der Waals surface area contributed by atoms with E-state index in [-0.39, 0.29) is 30.5 Å². The summed E-state index contributed by atoms with van der Waals surface area (Å²) in [5.74, 6) is 0.222. The van der Waals surface area contributed by atoms with Crippen LogP contribution in [-0.2, 0) is 4.79 Å². The number of carbonyl (C=O) groups excluding carboxylic acids is 2. The maximum absolute atomic E-state index is 12.6. The number of ketones is 1. The minimum absolute atomic E-state index is 0.0207. The third-order valence-corrected chi connectivity index (χ3v) is 5.78. The van der Waals surface area contributed by atoms with Crippen LogP contribution in [0, 0.1) is 6.92 Å². The summed E-state index contributed by atoms with van der Waals surface area (Å²) >= 11 is 7.38. The number of hydrogen-bond acceptors (Lipinski definition) is 6. The molecular weight excluding hydrogens is 436 g/mol. The molecule has 0 aliphatic rings. The molecule has 158 valence electrons. The molecule has 4 rings (SSSR count). The molecule has 2 aromatic heterocycles. The number of thiazole rings is 1. The highest BCUT2D eigenvalue weighted by molar-refractivity contribution is 7.15. The zero-order valence-electron chi connectivity index (χ0n) is 16.9. The lowest BCUT2D eigenvalue weighted by Gasteiger charge is -2.08. The monoisotopic (exact) mass is 454 g/mol. The number of aryl methyl sites for hydroxylation is 1. The minimum atomic E-state index is -0.328. The van der Waals surface area contributed by atoms with E-state index in [9.17, 15) is 9.59 Å². The normalized spacial score (nSPS) is 10.9. The molecule has 9 heteroatoms. The smallest absolute Gasteiger partial charge is 0.250 e. The summed E-state index contributed by atoms with van der Waals surface area (Å²) in [5.41, 5.74) is 3.22. The summed E-state index contributed by atoms with van der Waals surface area (Å²) in [6, 6.07) is 12.8. The van der Waals surface area contributed by atoms with Crippen LogP contribution < -0.4 is 10.1 Å². The van der Waals surface area contributed by atoms with Crippen LogP contribution in [0.15, 0.2) is 47.8 Å². The van der Waals surface area contributed by atoms with E-state index in [2.05, 4.69) is 15.4 Å². The van der Waals surface area contributed by atoms with Gasteiger partial charge in [-0.1, -0.05) is 35.4 Å². The number of nitrogens with zero attached hydrogens (tertiary/aromatic N) is 3. The first kappa shape index (κ1) is 21.0. The summed E-state index contributed by atoms with van der Waals surface area (Å²) in [6.07, 6.45) is 0.0801. The molecule has 2 aromatic carbocycles. The van der Waals surface area contributed by atoms with Crippen molar-refractivity contribution >= 4 is 45.5 Å². The zero-order valence-corrected chi connectivity index (χ0v) is 18.5. The topological polar surface area (TPSA) is 85.6 Å². The fourth-order valence-corrected chi connectivity index (χ4v) is 4.10. The predicted molar refractivity (Wildman–Crippen MR) is 121 cm³/mol. The molecule has 31 heavy (non-hydrogen) atoms.